The largest absolute Gasteiger partial charge is 0.476 e. The van der Waals surface area contributed by atoms with Crippen molar-refractivity contribution >= 4 is 11.7 Å². The van der Waals surface area contributed by atoms with E-state index in [0.717, 1.165) is 0 Å². The number of carboxylic acids is 1. The lowest BCUT2D eigenvalue weighted by Gasteiger charge is -2.03. The van der Waals surface area contributed by atoms with Crippen LogP contribution in [0.4, 0.5) is 5.69 Å². The van der Waals surface area contributed by atoms with Gasteiger partial charge in [-0.2, -0.15) is 0 Å². The molecule has 2 rings (SSSR count). The normalized spacial score (nSPS) is 10.3. The third-order valence-corrected chi connectivity index (χ3v) is 2.48. The number of carboxylic acid groups (broad SMARTS) is 1. The molecule has 1 heterocycles. The Morgan fingerprint density at radius 3 is 2.72 bits per heavy atom. The molecule has 0 atom stereocenters. The Hall–Kier alpha value is -2.70. The summed E-state index contributed by atoms with van der Waals surface area (Å²) in [6, 6.07) is 4.52. The fraction of sp³-hybridized carbons (Fsp3) is 0.0909. The van der Waals surface area contributed by atoms with Crippen molar-refractivity contribution in [2.24, 2.45) is 0 Å². The standard InChI is InChI=1S/C11H9N3O4/c1-7-4-8(2-3-10(7)14(17)18)13-5-9(11(15)16)12-6-13/h2-6H,1H3,(H,15,16). The number of nitro benzene ring substituents is 1. The lowest BCUT2D eigenvalue weighted by atomic mass is 10.2. The lowest BCUT2D eigenvalue weighted by Crippen LogP contribution is -1.97. The highest BCUT2D eigenvalue weighted by Crippen LogP contribution is 2.21. The van der Waals surface area contributed by atoms with E-state index < -0.39 is 10.9 Å². The van der Waals surface area contributed by atoms with Gasteiger partial charge in [-0.1, -0.05) is 0 Å². The van der Waals surface area contributed by atoms with Gasteiger partial charge in [0, 0.05) is 23.5 Å². The van der Waals surface area contributed by atoms with E-state index in [0.29, 0.717) is 11.3 Å². The molecule has 0 bridgehead atoms. The van der Waals surface area contributed by atoms with Crippen molar-refractivity contribution in [3.8, 4) is 5.69 Å². The summed E-state index contributed by atoms with van der Waals surface area (Å²) in [5.41, 5.74) is 1.07. The van der Waals surface area contributed by atoms with Crippen molar-refractivity contribution in [3.63, 3.8) is 0 Å². The maximum Gasteiger partial charge on any atom is 0.356 e. The molecule has 0 unspecified atom stereocenters. The number of rotatable bonds is 3. The van der Waals surface area contributed by atoms with Crippen LogP contribution in [0.3, 0.4) is 0 Å². The topological polar surface area (TPSA) is 98.3 Å². The molecule has 0 saturated heterocycles. The van der Waals surface area contributed by atoms with Crippen LogP contribution in [0.25, 0.3) is 5.69 Å². The first kappa shape index (κ1) is 11.8. The molecule has 0 saturated carbocycles. The fourth-order valence-corrected chi connectivity index (χ4v) is 1.58. The van der Waals surface area contributed by atoms with Crippen molar-refractivity contribution in [3.05, 3.63) is 52.1 Å². The second kappa shape index (κ2) is 4.28. The molecule has 0 amide bonds. The zero-order valence-electron chi connectivity index (χ0n) is 9.40. The SMILES string of the molecule is Cc1cc(-n2cnc(C(=O)O)c2)ccc1[N+](=O)[O-]. The summed E-state index contributed by atoms with van der Waals surface area (Å²) in [5, 5.41) is 19.4. The molecule has 0 aliphatic carbocycles. The predicted octanol–water partition coefficient (Wildman–Crippen LogP) is 1.79. The molecular formula is C11H9N3O4. The van der Waals surface area contributed by atoms with Gasteiger partial charge in [0.25, 0.3) is 5.69 Å². The van der Waals surface area contributed by atoms with Gasteiger partial charge >= 0.3 is 5.97 Å². The minimum absolute atomic E-state index is 0.0253. The van der Waals surface area contributed by atoms with Crippen LogP contribution in [0.1, 0.15) is 16.1 Å². The number of aromatic carboxylic acids is 1. The van der Waals surface area contributed by atoms with Gasteiger partial charge in [-0.25, -0.2) is 9.78 Å². The average Bonchev–Trinajstić information content (AvgIpc) is 2.77. The minimum Gasteiger partial charge on any atom is -0.476 e. The Morgan fingerprint density at radius 1 is 1.50 bits per heavy atom. The average molecular weight is 247 g/mol. The first-order valence-electron chi connectivity index (χ1n) is 5.02. The van der Waals surface area contributed by atoms with E-state index in [4.69, 9.17) is 5.11 Å². The smallest absolute Gasteiger partial charge is 0.356 e. The first-order chi connectivity index (χ1) is 8.49. The number of benzene rings is 1. The molecule has 0 fully saturated rings. The Kier molecular flexibility index (Phi) is 2.80. The zero-order valence-corrected chi connectivity index (χ0v) is 9.40. The van der Waals surface area contributed by atoms with E-state index in [1.165, 1.54) is 23.2 Å². The highest BCUT2D eigenvalue weighted by molar-refractivity contribution is 5.85. The summed E-state index contributed by atoms with van der Waals surface area (Å²) in [6.45, 7) is 1.62. The van der Waals surface area contributed by atoms with Crippen molar-refractivity contribution in [2.75, 3.05) is 0 Å². The Morgan fingerprint density at radius 2 is 2.22 bits per heavy atom. The third kappa shape index (κ3) is 2.05. The van der Waals surface area contributed by atoms with E-state index in [-0.39, 0.29) is 11.4 Å². The predicted molar refractivity (Wildman–Crippen MR) is 61.9 cm³/mol. The van der Waals surface area contributed by atoms with Crippen LogP contribution < -0.4 is 0 Å². The second-order valence-electron chi connectivity index (χ2n) is 3.70. The lowest BCUT2D eigenvalue weighted by molar-refractivity contribution is -0.385. The summed E-state index contributed by atoms with van der Waals surface area (Å²) >= 11 is 0. The van der Waals surface area contributed by atoms with Crippen LogP contribution in [0.15, 0.2) is 30.7 Å². The summed E-state index contributed by atoms with van der Waals surface area (Å²) in [6.07, 6.45) is 2.70. The van der Waals surface area contributed by atoms with Crippen LogP contribution in [-0.4, -0.2) is 25.6 Å². The molecule has 1 aromatic carbocycles. The number of aromatic nitrogens is 2. The molecule has 0 radical (unpaired) electrons. The third-order valence-electron chi connectivity index (χ3n) is 2.48. The maximum atomic E-state index is 10.7. The summed E-state index contributed by atoms with van der Waals surface area (Å²) < 4.78 is 1.50. The number of hydrogen-bond donors (Lipinski definition) is 1. The quantitative estimate of drug-likeness (QED) is 0.658. The van der Waals surface area contributed by atoms with Gasteiger partial charge in [0.1, 0.15) is 6.33 Å². The summed E-state index contributed by atoms with van der Waals surface area (Å²) in [4.78, 5) is 24.6. The van der Waals surface area contributed by atoms with Crippen LogP contribution in [0.2, 0.25) is 0 Å². The molecule has 18 heavy (non-hydrogen) atoms. The number of imidazole rings is 1. The van der Waals surface area contributed by atoms with Gasteiger partial charge in [0.05, 0.1) is 4.92 Å². The molecular weight excluding hydrogens is 238 g/mol. The molecule has 7 nitrogen and oxygen atoms in total. The molecule has 0 spiro atoms. The van der Waals surface area contributed by atoms with E-state index in [1.54, 1.807) is 19.1 Å². The number of nitro groups is 1. The van der Waals surface area contributed by atoms with E-state index >= 15 is 0 Å². The van der Waals surface area contributed by atoms with E-state index in [9.17, 15) is 14.9 Å². The van der Waals surface area contributed by atoms with Gasteiger partial charge in [0.2, 0.25) is 0 Å². The van der Waals surface area contributed by atoms with Gasteiger partial charge in [-0.15, -0.1) is 0 Å². The van der Waals surface area contributed by atoms with Gasteiger partial charge in [0.15, 0.2) is 5.69 Å². The van der Waals surface area contributed by atoms with Crippen molar-refractivity contribution < 1.29 is 14.8 Å². The number of nitrogens with zero attached hydrogens (tertiary/aromatic N) is 3. The summed E-state index contributed by atoms with van der Waals surface area (Å²) in [7, 11) is 0. The number of hydrogen-bond acceptors (Lipinski definition) is 4. The van der Waals surface area contributed by atoms with Gasteiger partial charge in [-0.05, 0) is 19.1 Å². The van der Waals surface area contributed by atoms with Gasteiger partial charge < -0.3 is 9.67 Å². The van der Waals surface area contributed by atoms with Crippen molar-refractivity contribution in [1.82, 2.24) is 9.55 Å². The Bertz CT molecular complexity index is 633. The highest BCUT2D eigenvalue weighted by atomic mass is 16.6. The fourth-order valence-electron chi connectivity index (χ4n) is 1.58. The molecule has 7 heteroatoms. The molecule has 2 aromatic rings. The molecule has 1 aromatic heterocycles. The summed E-state index contributed by atoms with van der Waals surface area (Å²) in [5.74, 6) is -1.12. The molecule has 92 valence electrons. The second-order valence-corrected chi connectivity index (χ2v) is 3.70. The molecule has 0 aliphatic heterocycles. The van der Waals surface area contributed by atoms with Crippen LogP contribution in [0, 0.1) is 17.0 Å². The highest BCUT2D eigenvalue weighted by Gasteiger charge is 2.12. The number of carbonyl (C=O) groups is 1. The van der Waals surface area contributed by atoms with E-state index in [1.807, 2.05) is 0 Å². The Balaban J connectivity index is 2.42. The maximum absolute atomic E-state index is 10.7. The monoisotopic (exact) mass is 247 g/mol. The van der Waals surface area contributed by atoms with Crippen molar-refractivity contribution in [1.29, 1.82) is 0 Å². The number of aryl methyl sites for hydroxylation is 1. The van der Waals surface area contributed by atoms with Crippen LogP contribution in [-0.2, 0) is 0 Å². The molecule has 1 N–H and O–H groups in total. The van der Waals surface area contributed by atoms with E-state index in [2.05, 4.69) is 4.98 Å². The first-order valence-corrected chi connectivity index (χ1v) is 5.02. The molecule has 0 aliphatic rings. The van der Waals surface area contributed by atoms with Crippen molar-refractivity contribution in [2.45, 2.75) is 6.92 Å². The zero-order chi connectivity index (χ0) is 13.3. The van der Waals surface area contributed by atoms with Crippen LogP contribution in [0.5, 0.6) is 0 Å². The Labute approximate surface area is 101 Å². The van der Waals surface area contributed by atoms with Gasteiger partial charge in [-0.3, -0.25) is 10.1 Å². The minimum atomic E-state index is -1.12. The van der Waals surface area contributed by atoms with Crippen LogP contribution >= 0.6 is 0 Å².